The predicted octanol–water partition coefficient (Wildman–Crippen LogP) is 3.97. The highest BCUT2D eigenvalue weighted by Gasteiger charge is 2.14. The number of benzene rings is 2. The molecule has 3 aromatic rings. The number of hydrogen-bond acceptors (Lipinski definition) is 7. The van der Waals surface area contributed by atoms with E-state index in [1.54, 1.807) is 6.07 Å². The van der Waals surface area contributed by atoms with E-state index in [2.05, 4.69) is 27.4 Å². The van der Waals surface area contributed by atoms with Gasteiger partial charge in [0.2, 0.25) is 5.91 Å². The largest absolute Gasteiger partial charge is 0.486 e. The molecule has 0 unspecified atom stereocenters. The summed E-state index contributed by atoms with van der Waals surface area (Å²) in [5.74, 6) is 2.67. The van der Waals surface area contributed by atoms with Crippen LogP contribution in [0.25, 0.3) is 0 Å². The van der Waals surface area contributed by atoms with Crippen LogP contribution in [0.3, 0.4) is 0 Å². The van der Waals surface area contributed by atoms with Crippen molar-refractivity contribution in [3.05, 3.63) is 67.0 Å². The molecule has 1 aliphatic rings. The summed E-state index contributed by atoms with van der Waals surface area (Å²) < 4.78 is 13.1. The standard InChI is InChI=1S/C23H25N5O3S/c1-2-11-28-21(16-24-17-6-4-3-5-7-17)26-27-23(28)32-14-10-22(29)25-18-8-9-19-20(15-18)31-13-12-30-19/h2-9,15,24H,1,10-14,16H2,(H,25,29). The maximum Gasteiger partial charge on any atom is 0.225 e. The number of fused-ring (bicyclic) bond motifs is 1. The first-order valence-corrected chi connectivity index (χ1v) is 11.4. The van der Waals surface area contributed by atoms with Gasteiger partial charge in [0.1, 0.15) is 13.2 Å². The second kappa shape index (κ2) is 10.7. The van der Waals surface area contributed by atoms with Crippen molar-refractivity contribution in [2.75, 3.05) is 29.6 Å². The van der Waals surface area contributed by atoms with Crippen LogP contribution in [-0.4, -0.2) is 39.6 Å². The van der Waals surface area contributed by atoms with Gasteiger partial charge in [0, 0.05) is 36.2 Å². The number of carbonyl (C=O) groups excluding carboxylic acids is 1. The second-order valence-electron chi connectivity index (χ2n) is 7.02. The monoisotopic (exact) mass is 451 g/mol. The molecule has 166 valence electrons. The summed E-state index contributed by atoms with van der Waals surface area (Å²) in [5, 5.41) is 15.6. The van der Waals surface area contributed by atoms with Crippen LogP contribution < -0.4 is 20.1 Å². The Kier molecular flexibility index (Phi) is 7.29. The first-order chi connectivity index (χ1) is 15.7. The Hall–Kier alpha value is -3.46. The third-order valence-electron chi connectivity index (χ3n) is 4.72. The quantitative estimate of drug-likeness (QED) is 0.356. The summed E-state index contributed by atoms with van der Waals surface area (Å²) in [6.07, 6.45) is 2.16. The first-order valence-electron chi connectivity index (χ1n) is 10.4. The van der Waals surface area contributed by atoms with Crippen molar-refractivity contribution in [1.82, 2.24) is 14.8 Å². The van der Waals surface area contributed by atoms with Crippen molar-refractivity contribution in [2.45, 2.75) is 24.7 Å². The van der Waals surface area contributed by atoms with E-state index in [0.29, 0.717) is 55.7 Å². The van der Waals surface area contributed by atoms with E-state index >= 15 is 0 Å². The molecule has 9 heteroatoms. The molecule has 0 saturated carbocycles. The SMILES string of the molecule is C=CCn1c(CNc2ccccc2)nnc1SCCC(=O)Nc1ccc2c(c1)OCCO2. The van der Waals surface area contributed by atoms with E-state index in [4.69, 9.17) is 9.47 Å². The van der Waals surface area contributed by atoms with Crippen molar-refractivity contribution in [1.29, 1.82) is 0 Å². The molecule has 0 aliphatic carbocycles. The fraction of sp³-hybridized carbons (Fsp3) is 0.261. The molecule has 2 heterocycles. The number of carbonyl (C=O) groups is 1. The Morgan fingerprint density at radius 1 is 1.09 bits per heavy atom. The Bertz CT molecular complexity index is 1070. The molecule has 8 nitrogen and oxygen atoms in total. The number of nitrogens with zero attached hydrogens (tertiary/aromatic N) is 3. The number of ether oxygens (including phenoxy) is 2. The summed E-state index contributed by atoms with van der Waals surface area (Å²) in [6.45, 7) is 6.03. The number of anilines is 2. The van der Waals surface area contributed by atoms with Crippen LogP contribution >= 0.6 is 11.8 Å². The lowest BCUT2D eigenvalue weighted by atomic mass is 10.2. The number of aromatic nitrogens is 3. The van der Waals surface area contributed by atoms with Gasteiger partial charge in [-0.2, -0.15) is 0 Å². The van der Waals surface area contributed by atoms with Crippen LogP contribution in [0.15, 0.2) is 66.3 Å². The molecular weight excluding hydrogens is 426 g/mol. The molecule has 4 rings (SSSR count). The first kappa shape index (κ1) is 21.8. The van der Waals surface area contributed by atoms with Crippen molar-refractivity contribution < 1.29 is 14.3 Å². The van der Waals surface area contributed by atoms with E-state index in [0.717, 1.165) is 16.7 Å². The Morgan fingerprint density at radius 2 is 1.91 bits per heavy atom. The van der Waals surface area contributed by atoms with Gasteiger partial charge in [-0.15, -0.1) is 16.8 Å². The van der Waals surface area contributed by atoms with Crippen molar-refractivity contribution in [2.24, 2.45) is 0 Å². The molecule has 0 fully saturated rings. The molecule has 2 aromatic carbocycles. The zero-order valence-electron chi connectivity index (χ0n) is 17.6. The maximum atomic E-state index is 12.4. The van der Waals surface area contributed by atoms with Gasteiger partial charge in [-0.1, -0.05) is 36.0 Å². The van der Waals surface area contributed by atoms with Gasteiger partial charge in [0.15, 0.2) is 22.5 Å². The second-order valence-corrected chi connectivity index (χ2v) is 8.08. The van der Waals surface area contributed by atoms with Crippen molar-refractivity contribution in [3.63, 3.8) is 0 Å². The molecular formula is C23H25N5O3S. The summed E-state index contributed by atoms with van der Waals surface area (Å²) in [4.78, 5) is 12.4. The van der Waals surface area contributed by atoms with Crippen molar-refractivity contribution >= 4 is 29.0 Å². The van der Waals surface area contributed by atoms with Crippen LogP contribution in [0, 0.1) is 0 Å². The number of thioether (sulfide) groups is 1. The summed E-state index contributed by atoms with van der Waals surface area (Å²) in [6, 6.07) is 15.3. The molecule has 0 radical (unpaired) electrons. The molecule has 2 N–H and O–H groups in total. The number of amides is 1. The van der Waals surface area contributed by atoms with Gasteiger partial charge >= 0.3 is 0 Å². The highest BCUT2D eigenvalue weighted by molar-refractivity contribution is 7.99. The molecule has 0 saturated heterocycles. The van der Waals surface area contributed by atoms with Gasteiger partial charge in [0.25, 0.3) is 0 Å². The third-order valence-corrected chi connectivity index (χ3v) is 5.68. The minimum Gasteiger partial charge on any atom is -0.486 e. The topological polar surface area (TPSA) is 90.3 Å². The van der Waals surface area contributed by atoms with Crippen LogP contribution in [0.2, 0.25) is 0 Å². The molecule has 32 heavy (non-hydrogen) atoms. The van der Waals surface area contributed by atoms with Crippen molar-refractivity contribution in [3.8, 4) is 11.5 Å². The molecule has 0 bridgehead atoms. The predicted molar refractivity (Wildman–Crippen MR) is 125 cm³/mol. The summed E-state index contributed by atoms with van der Waals surface area (Å²) >= 11 is 1.50. The van der Waals surface area contributed by atoms with Gasteiger partial charge in [-0.25, -0.2) is 0 Å². The van der Waals surface area contributed by atoms with Crippen LogP contribution in [0.1, 0.15) is 12.2 Å². The lowest BCUT2D eigenvalue weighted by Crippen LogP contribution is -2.16. The van der Waals surface area contributed by atoms with E-state index in [1.807, 2.05) is 53.1 Å². The average molecular weight is 452 g/mol. The number of hydrogen-bond donors (Lipinski definition) is 2. The summed E-state index contributed by atoms with van der Waals surface area (Å²) in [5.41, 5.74) is 1.71. The number of para-hydroxylation sites is 1. The van der Waals surface area contributed by atoms with E-state index in [-0.39, 0.29) is 5.91 Å². The minimum atomic E-state index is -0.0741. The Morgan fingerprint density at radius 3 is 2.72 bits per heavy atom. The number of nitrogens with one attached hydrogen (secondary N) is 2. The van der Waals surface area contributed by atoms with Crippen LogP contribution in [0.4, 0.5) is 11.4 Å². The average Bonchev–Trinajstić information content (AvgIpc) is 3.20. The Balaban J connectivity index is 1.29. The Labute approximate surface area is 191 Å². The van der Waals surface area contributed by atoms with Gasteiger partial charge in [0.05, 0.1) is 6.54 Å². The zero-order chi connectivity index (χ0) is 22.2. The molecule has 1 amide bonds. The smallest absolute Gasteiger partial charge is 0.225 e. The lowest BCUT2D eigenvalue weighted by molar-refractivity contribution is -0.115. The highest BCUT2D eigenvalue weighted by Crippen LogP contribution is 2.32. The third kappa shape index (κ3) is 5.61. The fourth-order valence-electron chi connectivity index (χ4n) is 3.19. The normalized spacial score (nSPS) is 12.2. The molecule has 1 aliphatic heterocycles. The minimum absolute atomic E-state index is 0.0741. The highest BCUT2D eigenvalue weighted by atomic mass is 32.2. The summed E-state index contributed by atoms with van der Waals surface area (Å²) in [7, 11) is 0. The molecule has 0 spiro atoms. The van der Waals surface area contributed by atoms with E-state index in [1.165, 1.54) is 11.8 Å². The fourth-order valence-corrected chi connectivity index (χ4v) is 4.09. The lowest BCUT2D eigenvalue weighted by Gasteiger charge is -2.19. The number of rotatable bonds is 10. The van der Waals surface area contributed by atoms with E-state index in [9.17, 15) is 4.79 Å². The van der Waals surface area contributed by atoms with Crippen LogP contribution in [0.5, 0.6) is 11.5 Å². The molecule has 1 aromatic heterocycles. The van der Waals surface area contributed by atoms with E-state index < -0.39 is 0 Å². The maximum absolute atomic E-state index is 12.4. The van der Waals surface area contributed by atoms with Gasteiger partial charge in [-0.05, 0) is 24.3 Å². The van der Waals surface area contributed by atoms with Gasteiger partial charge in [-0.3, -0.25) is 4.79 Å². The zero-order valence-corrected chi connectivity index (χ0v) is 18.4. The van der Waals surface area contributed by atoms with Crippen LogP contribution in [-0.2, 0) is 17.9 Å². The van der Waals surface area contributed by atoms with Gasteiger partial charge < -0.3 is 24.7 Å². The molecule has 0 atom stereocenters. The number of allylic oxidation sites excluding steroid dienone is 1.